The van der Waals surface area contributed by atoms with Crippen molar-refractivity contribution in [3.63, 3.8) is 0 Å². The van der Waals surface area contributed by atoms with E-state index in [0.29, 0.717) is 12.8 Å². The number of hydrogen-bond donors (Lipinski definition) is 0. The average molecular weight is 429 g/mol. The lowest BCUT2D eigenvalue weighted by atomic mass is 9.94. The van der Waals surface area contributed by atoms with Gasteiger partial charge in [0, 0.05) is 33.6 Å². The van der Waals surface area contributed by atoms with Crippen molar-refractivity contribution in [3.8, 4) is 12.3 Å². The quantitative estimate of drug-likeness (QED) is 0.266. The van der Waals surface area contributed by atoms with Gasteiger partial charge in [-0.25, -0.2) is 0 Å². The smallest absolute Gasteiger partial charge is 0.302 e. The first-order chi connectivity index (χ1) is 13.7. The van der Waals surface area contributed by atoms with Gasteiger partial charge in [-0.1, -0.05) is 18.9 Å². The minimum absolute atomic E-state index is 0.227. The van der Waals surface area contributed by atoms with E-state index >= 15 is 0 Å². The van der Waals surface area contributed by atoms with Crippen molar-refractivity contribution in [2.24, 2.45) is 0 Å². The number of esters is 3. The Labute approximate surface area is 177 Å². The number of halogens is 1. The van der Waals surface area contributed by atoms with Crippen LogP contribution in [0.25, 0.3) is 0 Å². The summed E-state index contributed by atoms with van der Waals surface area (Å²) in [4.78, 5) is 34.7. The van der Waals surface area contributed by atoms with E-state index in [9.17, 15) is 14.4 Å². The number of rotatable bonds is 7. The molecule has 0 aromatic heterocycles. The SMILES string of the molecule is C#CC=CCC1OC(C(CC)OC(C)=O)CC(OC(C)=O)C(Cl)CC1OC(C)=O. The van der Waals surface area contributed by atoms with Gasteiger partial charge < -0.3 is 18.9 Å². The van der Waals surface area contributed by atoms with Gasteiger partial charge in [0.25, 0.3) is 0 Å². The number of carbonyl (C=O) groups excluding carboxylic acids is 3. The van der Waals surface area contributed by atoms with Crippen LogP contribution in [-0.4, -0.2) is 53.8 Å². The molecule has 0 saturated carbocycles. The molecule has 1 heterocycles. The van der Waals surface area contributed by atoms with Crippen LogP contribution in [0.4, 0.5) is 0 Å². The highest BCUT2D eigenvalue weighted by atomic mass is 35.5. The predicted molar refractivity (Wildman–Crippen MR) is 107 cm³/mol. The fourth-order valence-electron chi connectivity index (χ4n) is 3.29. The number of carbonyl (C=O) groups is 3. The summed E-state index contributed by atoms with van der Waals surface area (Å²) >= 11 is 6.55. The molecule has 0 radical (unpaired) electrons. The van der Waals surface area contributed by atoms with E-state index in [1.807, 2.05) is 6.92 Å². The van der Waals surface area contributed by atoms with E-state index in [2.05, 4.69) is 5.92 Å². The van der Waals surface area contributed by atoms with Crippen LogP contribution < -0.4 is 0 Å². The van der Waals surface area contributed by atoms with Gasteiger partial charge in [0.05, 0.1) is 17.6 Å². The van der Waals surface area contributed by atoms with E-state index < -0.39 is 53.8 Å². The summed E-state index contributed by atoms with van der Waals surface area (Å²) in [7, 11) is 0. The molecule has 1 saturated heterocycles. The second kappa shape index (κ2) is 12.5. The maximum Gasteiger partial charge on any atom is 0.302 e. The first-order valence-electron chi connectivity index (χ1n) is 9.60. The van der Waals surface area contributed by atoms with Gasteiger partial charge in [-0.05, 0) is 18.9 Å². The minimum atomic E-state index is -0.691. The Bertz CT molecular complexity index is 639. The zero-order chi connectivity index (χ0) is 22.0. The molecule has 162 valence electrons. The third-order valence-electron chi connectivity index (χ3n) is 4.44. The van der Waals surface area contributed by atoms with Crippen LogP contribution in [0.3, 0.4) is 0 Å². The van der Waals surface area contributed by atoms with Gasteiger partial charge in [-0.2, -0.15) is 0 Å². The van der Waals surface area contributed by atoms with Crippen LogP contribution in [-0.2, 0) is 33.3 Å². The Balaban J connectivity index is 3.25. The largest absolute Gasteiger partial charge is 0.461 e. The lowest BCUT2D eigenvalue weighted by Crippen LogP contribution is -2.48. The summed E-state index contributed by atoms with van der Waals surface area (Å²) in [6, 6.07) is 0. The topological polar surface area (TPSA) is 88.1 Å². The molecule has 0 N–H and O–H groups in total. The predicted octanol–water partition coefficient (Wildman–Crippen LogP) is 2.93. The zero-order valence-electron chi connectivity index (χ0n) is 17.3. The van der Waals surface area contributed by atoms with Crippen LogP contribution >= 0.6 is 11.6 Å². The summed E-state index contributed by atoms with van der Waals surface area (Å²) in [5, 5.41) is -0.622. The Morgan fingerprint density at radius 3 is 2.28 bits per heavy atom. The number of hydrogen-bond acceptors (Lipinski definition) is 7. The van der Waals surface area contributed by atoms with Gasteiger partial charge in [0.15, 0.2) is 0 Å². The highest BCUT2D eigenvalue weighted by Gasteiger charge is 2.40. The second-order valence-corrected chi connectivity index (χ2v) is 7.42. The molecule has 29 heavy (non-hydrogen) atoms. The van der Waals surface area contributed by atoms with Gasteiger partial charge in [-0.3, -0.25) is 14.4 Å². The average Bonchev–Trinajstić information content (AvgIpc) is 2.61. The fraction of sp³-hybridized carbons (Fsp3) is 0.667. The molecule has 0 spiro atoms. The maximum absolute atomic E-state index is 11.6. The molecule has 0 amide bonds. The molecule has 0 bridgehead atoms. The molecular formula is C21H29ClO7. The van der Waals surface area contributed by atoms with Crippen molar-refractivity contribution in [2.75, 3.05) is 0 Å². The molecule has 1 rings (SSSR count). The highest BCUT2D eigenvalue weighted by Crippen LogP contribution is 2.31. The molecule has 0 aromatic carbocycles. The monoisotopic (exact) mass is 428 g/mol. The number of terminal acetylenes is 1. The molecule has 1 aliphatic rings. The number of allylic oxidation sites excluding steroid dienone is 1. The second-order valence-electron chi connectivity index (χ2n) is 6.86. The third-order valence-corrected chi connectivity index (χ3v) is 4.90. The summed E-state index contributed by atoms with van der Waals surface area (Å²) in [6.07, 6.45) is 6.72. The van der Waals surface area contributed by atoms with E-state index in [0.717, 1.165) is 0 Å². The molecule has 0 aromatic rings. The Hall–Kier alpha value is -2.04. The van der Waals surface area contributed by atoms with E-state index in [1.165, 1.54) is 26.8 Å². The molecule has 8 heteroatoms. The Morgan fingerprint density at radius 1 is 1.14 bits per heavy atom. The van der Waals surface area contributed by atoms with Crippen molar-refractivity contribution >= 4 is 29.5 Å². The highest BCUT2D eigenvalue weighted by molar-refractivity contribution is 6.21. The van der Waals surface area contributed by atoms with Crippen LogP contribution in [0.5, 0.6) is 0 Å². The van der Waals surface area contributed by atoms with Crippen LogP contribution in [0.1, 0.15) is 53.4 Å². The Morgan fingerprint density at radius 2 is 1.76 bits per heavy atom. The Kier molecular flexibility index (Phi) is 10.8. The van der Waals surface area contributed by atoms with E-state index in [-0.39, 0.29) is 12.8 Å². The molecule has 7 nitrogen and oxygen atoms in total. The number of ether oxygens (including phenoxy) is 4. The van der Waals surface area contributed by atoms with Crippen molar-refractivity contribution in [3.05, 3.63) is 12.2 Å². The van der Waals surface area contributed by atoms with Gasteiger partial charge in [-0.15, -0.1) is 18.0 Å². The molecular weight excluding hydrogens is 400 g/mol. The normalized spacial score (nSPS) is 28.5. The first kappa shape index (κ1) is 25.0. The number of alkyl halides is 1. The van der Waals surface area contributed by atoms with E-state index in [4.69, 9.17) is 37.0 Å². The summed E-state index contributed by atoms with van der Waals surface area (Å²) in [6.45, 7) is 5.75. The molecule has 0 aliphatic carbocycles. The summed E-state index contributed by atoms with van der Waals surface area (Å²) in [5.74, 6) is 0.980. The van der Waals surface area contributed by atoms with Crippen molar-refractivity contribution in [2.45, 2.75) is 89.3 Å². The summed E-state index contributed by atoms with van der Waals surface area (Å²) < 4.78 is 22.5. The van der Waals surface area contributed by atoms with Crippen LogP contribution in [0, 0.1) is 12.3 Å². The van der Waals surface area contributed by atoms with Crippen molar-refractivity contribution in [1.29, 1.82) is 0 Å². The van der Waals surface area contributed by atoms with Gasteiger partial charge in [0.2, 0.25) is 0 Å². The van der Waals surface area contributed by atoms with Crippen molar-refractivity contribution in [1.82, 2.24) is 0 Å². The van der Waals surface area contributed by atoms with E-state index in [1.54, 1.807) is 6.08 Å². The minimum Gasteiger partial charge on any atom is -0.461 e. The molecule has 6 atom stereocenters. The van der Waals surface area contributed by atoms with Crippen molar-refractivity contribution < 1.29 is 33.3 Å². The van der Waals surface area contributed by atoms with Gasteiger partial charge in [0.1, 0.15) is 18.3 Å². The third kappa shape index (κ3) is 8.88. The lowest BCUT2D eigenvalue weighted by Gasteiger charge is -2.39. The standard InChI is InChI=1S/C21H29ClO7/c1-6-8-9-10-18-20(28-15(5)25)11-16(22)19(27-14(4)24)12-21(29-18)17(7-2)26-13(3)23/h1,8-9,16-21H,7,10-12H2,2-5H3. The van der Waals surface area contributed by atoms with Gasteiger partial charge >= 0.3 is 17.9 Å². The molecule has 1 aliphatic heterocycles. The van der Waals surface area contributed by atoms with Crippen LogP contribution in [0.2, 0.25) is 0 Å². The fourth-order valence-corrected chi connectivity index (χ4v) is 3.62. The summed E-state index contributed by atoms with van der Waals surface area (Å²) in [5.41, 5.74) is 0. The lowest BCUT2D eigenvalue weighted by molar-refractivity contribution is -0.186. The molecule has 6 unspecified atom stereocenters. The molecule has 1 fully saturated rings. The first-order valence-corrected chi connectivity index (χ1v) is 10.0. The van der Waals surface area contributed by atoms with Crippen LogP contribution in [0.15, 0.2) is 12.2 Å². The zero-order valence-corrected chi connectivity index (χ0v) is 18.0. The maximum atomic E-state index is 11.6.